The molecule has 0 bridgehead atoms. The summed E-state index contributed by atoms with van der Waals surface area (Å²) in [6.45, 7) is 2.46. The minimum absolute atomic E-state index is 0.110. The largest absolute Gasteiger partial charge is 0.299 e. The van der Waals surface area contributed by atoms with E-state index in [1.54, 1.807) is 31.3 Å². The van der Waals surface area contributed by atoms with E-state index in [0.29, 0.717) is 18.4 Å². The van der Waals surface area contributed by atoms with Crippen LogP contribution < -0.4 is 5.43 Å². The number of benzene rings is 1. The summed E-state index contributed by atoms with van der Waals surface area (Å²) in [5, 5.41) is 1.51. The highest BCUT2D eigenvalue weighted by molar-refractivity contribution is 5.98. The van der Waals surface area contributed by atoms with Crippen LogP contribution in [0.15, 0.2) is 30.3 Å². The maximum absolute atomic E-state index is 12.1. The zero-order valence-corrected chi connectivity index (χ0v) is 10.0. The molecule has 0 saturated heterocycles. The van der Waals surface area contributed by atoms with Crippen molar-refractivity contribution in [3.05, 3.63) is 41.5 Å². The van der Waals surface area contributed by atoms with Crippen LogP contribution in [0.3, 0.4) is 0 Å². The van der Waals surface area contributed by atoms with Gasteiger partial charge < -0.3 is 0 Å². The zero-order valence-electron chi connectivity index (χ0n) is 10.0. The van der Waals surface area contributed by atoms with Gasteiger partial charge in [0.15, 0.2) is 0 Å². The molecular formula is C13H16N2O2. The van der Waals surface area contributed by atoms with Crippen molar-refractivity contribution >= 4 is 18.3 Å². The van der Waals surface area contributed by atoms with Gasteiger partial charge in [-0.2, -0.15) is 0 Å². The van der Waals surface area contributed by atoms with Crippen molar-refractivity contribution in [3.63, 3.8) is 0 Å². The summed E-state index contributed by atoms with van der Waals surface area (Å²) in [4.78, 5) is 22.4. The Morgan fingerprint density at radius 1 is 1.41 bits per heavy atom. The maximum Gasteiger partial charge on any atom is 0.268 e. The van der Waals surface area contributed by atoms with Gasteiger partial charge in [-0.25, -0.2) is 5.43 Å². The van der Waals surface area contributed by atoms with E-state index >= 15 is 0 Å². The van der Waals surface area contributed by atoms with Crippen molar-refractivity contribution in [2.75, 3.05) is 13.6 Å². The van der Waals surface area contributed by atoms with Crippen LogP contribution in [0, 0.1) is 0 Å². The summed E-state index contributed by atoms with van der Waals surface area (Å²) in [5.41, 5.74) is 4.13. The third kappa shape index (κ3) is 3.26. The second-order valence-electron chi connectivity index (χ2n) is 3.36. The van der Waals surface area contributed by atoms with Crippen LogP contribution in [0.4, 0.5) is 0 Å². The van der Waals surface area contributed by atoms with Crippen LogP contribution in [0.1, 0.15) is 22.8 Å². The first-order chi connectivity index (χ1) is 8.24. The second-order valence-corrected chi connectivity index (χ2v) is 3.36. The lowest BCUT2D eigenvalue weighted by Gasteiger charge is -2.20. The molecule has 1 amide bonds. The average molecular weight is 232 g/mol. The van der Waals surface area contributed by atoms with Gasteiger partial charge in [-0.05, 0) is 24.6 Å². The molecule has 0 spiro atoms. The molecule has 0 aromatic heterocycles. The van der Waals surface area contributed by atoms with E-state index in [1.165, 1.54) is 11.1 Å². The molecule has 4 nitrogen and oxygen atoms in total. The lowest BCUT2D eigenvalue weighted by Crippen LogP contribution is -2.40. The Bertz CT molecular complexity index is 423. The van der Waals surface area contributed by atoms with Crippen LogP contribution in [0.5, 0.6) is 0 Å². The minimum atomic E-state index is -0.110. The van der Waals surface area contributed by atoms with Crippen LogP contribution in [0.25, 0.3) is 6.08 Å². The fourth-order valence-corrected chi connectivity index (χ4v) is 1.53. The molecule has 0 heterocycles. The summed E-state index contributed by atoms with van der Waals surface area (Å²) in [6, 6.07) is 7.18. The number of hydrazine groups is 1. The normalized spacial score (nSPS) is 10.5. The summed E-state index contributed by atoms with van der Waals surface area (Å²) in [5.74, 6) is -0.110. The van der Waals surface area contributed by atoms with E-state index in [2.05, 4.69) is 5.43 Å². The SMILES string of the molecule is CCN(NC)C(=O)c1ccccc1/C=C/C=O. The molecular weight excluding hydrogens is 216 g/mol. The van der Waals surface area contributed by atoms with E-state index in [9.17, 15) is 9.59 Å². The van der Waals surface area contributed by atoms with Crippen LogP contribution in [-0.2, 0) is 4.79 Å². The molecule has 17 heavy (non-hydrogen) atoms. The summed E-state index contributed by atoms with van der Waals surface area (Å²) < 4.78 is 0. The highest BCUT2D eigenvalue weighted by atomic mass is 16.2. The number of carbonyl (C=O) groups excluding carboxylic acids is 2. The molecule has 1 aromatic rings. The topological polar surface area (TPSA) is 49.4 Å². The van der Waals surface area contributed by atoms with E-state index in [-0.39, 0.29) is 5.91 Å². The van der Waals surface area contributed by atoms with Gasteiger partial charge in [0.1, 0.15) is 6.29 Å². The number of amides is 1. The minimum Gasteiger partial charge on any atom is -0.299 e. The quantitative estimate of drug-likeness (QED) is 0.475. The summed E-state index contributed by atoms with van der Waals surface area (Å²) in [6.07, 6.45) is 3.70. The van der Waals surface area contributed by atoms with Gasteiger partial charge in [0.2, 0.25) is 0 Å². The van der Waals surface area contributed by atoms with Crippen molar-refractivity contribution in [1.29, 1.82) is 0 Å². The van der Waals surface area contributed by atoms with Crippen LogP contribution in [0.2, 0.25) is 0 Å². The Hall–Kier alpha value is -1.94. The number of hydrogen-bond donors (Lipinski definition) is 1. The van der Waals surface area contributed by atoms with E-state index in [4.69, 9.17) is 0 Å². The first-order valence-corrected chi connectivity index (χ1v) is 5.44. The maximum atomic E-state index is 12.1. The molecule has 1 rings (SSSR count). The lowest BCUT2D eigenvalue weighted by atomic mass is 10.1. The Morgan fingerprint density at radius 3 is 2.71 bits per heavy atom. The Kier molecular flexibility index (Phi) is 5.10. The fourth-order valence-electron chi connectivity index (χ4n) is 1.53. The molecule has 0 radical (unpaired) electrons. The molecule has 90 valence electrons. The van der Waals surface area contributed by atoms with Gasteiger partial charge in [0.05, 0.1) is 0 Å². The van der Waals surface area contributed by atoms with Gasteiger partial charge in [0, 0.05) is 19.2 Å². The Balaban J connectivity index is 3.08. The molecule has 0 aliphatic carbocycles. The molecule has 0 saturated carbocycles. The van der Waals surface area contributed by atoms with Gasteiger partial charge in [-0.15, -0.1) is 0 Å². The average Bonchev–Trinajstić information content (AvgIpc) is 2.38. The predicted molar refractivity (Wildman–Crippen MR) is 67.3 cm³/mol. The van der Waals surface area contributed by atoms with Crippen molar-refractivity contribution < 1.29 is 9.59 Å². The Morgan fingerprint density at radius 2 is 2.12 bits per heavy atom. The third-order valence-electron chi connectivity index (χ3n) is 2.38. The number of nitrogens with zero attached hydrogens (tertiary/aromatic N) is 1. The molecule has 4 heteroatoms. The highest BCUT2D eigenvalue weighted by Crippen LogP contribution is 2.12. The number of aldehydes is 1. The van der Waals surface area contributed by atoms with Gasteiger partial charge in [-0.3, -0.25) is 14.6 Å². The van der Waals surface area contributed by atoms with Gasteiger partial charge in [0.25, 0.3) is 5.91 Å². The molecule has 0 atom stereocenters. The molecule has 0 fully saturated rings. The molecule has 1 N–H and O–H groups in total. The Labute approximate surface area is 101 Å². The van der Waals surface area contributed by atoms with Crippen molar-refractivity contribution in [1.82, 2.24) is 10.4 Å². The second kappa shape index (κ2) is 6.60. The number of nitrogens with one attached hydrogen (secondary N) is 1. The molecule has 0 unspecified atom stereocenters. The summed E-state index contributed by atoms with van der Waals surface area (Å²) >= 11 is 0. The number of hydrogen-bond acceptors (Lipinski definition) is 3. The zero-order chi connectivity index (χ0) is 12.7. The smallest absolute Gasteiger partial charge is 0.268 e. The van der Waals surface area contributed by atoms with Crippen LogP contribution in [-0.4, -0.2) is 30.8 Å². The van der Waals surface area contributed by atoms with Crippen molar-refractivity contribution in [2.24, 2.45) is 0 Å². The van der Waals surface area contributed by atoms with Crippen molar-refractivity contribution in [3.8, 4) is 0 Å². The van der Waals surface area contributed by atoms with Crippen LogP contribution >= 0.6 is 0 Å². The molecule has 0 aliphatic heterocycles. The summed E-state index contributed by atoms with van der Waals surface area (Å²) in [7, 11) is 1.70. The number of rotatable bonds is 5. The van der Waals surface area contributed by atoms with E-state index in [0.717, 1.165) is 5.56 Å². The van der Waals surface area contributed by atoms with E-state index < -0.39 is 0 Å². The fraction of sp³-hybridized carbons (Fsp3) is 0.231. The first kappa shape index (κ1) is 13.1. The molecule has 0 aliphatic rings. The number of allylic oxidation sites excluding steroid dienone is 1. The predicted octanol–water partition coefficient (Wildman–Crippen LogP) is 1.50. The van der Waals surface area contributed by atoms with Gasteiger partial charge >= 0.3 is 0 Å². The standard InChI is InChI=1S/C13H16N2O2/c1-3-15(14-2)13(17)12-9-5-4-7-11(12)8-6-10-16/h4-10,14H,3H2,1-2H3/b8-6+. The van der Waals surface area contributed by atoms with E-state index in [1.807, 2.05) is 13.0 Å². The van der Waals surface area contributed by atoms with Crippen molar-refractivity contribution in [2.45, 2.75) is 6.92 Å². The van der Waals surface area contributed by atoms with Gasteiger partial charge in [-0.1, -0.05) is 24.3 Å². The highest BCUT2D eigenvalue weighted by Gasteiger charge is 2.14. The number of carbonyl (C=O) groups is 2. The molecule has 1 aromatic carbocycles. The third-order valence-corrected chi connectivity index (χ3v) is 2.38. The lowest BCUT2D eigenvalue weighted by molar-refractivity contribution is -0.104. The first-order valence-electron chi connectivity index (χ1n) is 5.44. The monoisotopic (exact) mass is 232 g/mol.